The van der Waals surface area contributed by atoms with Gasteiger partial charge in [-0.3, -0.25) is 0 Å². The summed E-state index contributed by atoms with van der Waals surface area (Å²) in [6.07, 6.45) is -0.470. The Morgan fingerprint density at radius 1 is 0.938 bits per heavy atom. The lowest BCUT2D eigenvalue weighted by Crippen LogP contribution is -2.27. The van der Waals surface area contributed by atoms with Crippen molar-refractivity contribution < 1.29 is 14.3 Å². The van der Waals surface area contributed by atoms with Crippen molar-refractivity contribution in [2.45, 2.75) is 26.4 Å². The van der Waals surface area contributed by atoms with E-state index in [4.69, 9.17) is 26.3 Å². The van der Waals surface area contributed by atoms with Crippen LogP contribution in [0.4, 0.5) is 4.79 Å². The van der Waals surface area contributed by atoms with Crippen molar-refractivity contribution in [1.82, 2.24) is 4.57 Å². The lowest BCUT2D eigenvalue weighted by molar-refractivity contribution is 0.0547. The predicted octanol–water partition coefficient (Wildman–Crippen LogP) is 7.41. The largest absolute Gasteiger partial charge is 0.457 e. The molecule has 5 nitrogen and oxygen atoms in total. The molecule has 0 aliphatic heterocycles. The van der Waals surface area contributed by atoms with E-state index in [1.165, 1.54) is 0 Å². The molecule has 32 heavy (non-hydrogen) atoms. The van der Waals surface area contributed by atoms with Gasteiger partial charge in [0, 0.05) is 10.4 Å². The zero-order valence-electron chi connectivity index (χ0n) is 17.9. The zero-order valence-corrected chi connectivity index (χ0v) is 18.7. The number of benzene rings is 3. The topological polar surface area (TPSA) is 64.2 Å². The maximum absolute atomic E-state index is 13.1. The number of carbonyl (C=O) groups excluding carboxylic acids is 1. The minimum absolute atomic E-state index is 0.470. The molecule has 0 N–H and O–H groups in total. The molecule has 0 bridgehead atoms. The molecule has 3 aromatic carbocycles. The molecule has 0 radical (unpaired) electrons. The molecule has 4 rings (SSSR count). The fraction of sp³-hybridized carbons (Fsp3) is 0.154. The van der Waals surface area contributed by atoms with Crippen LogP contribution >= 0.6 is 11.6 Å². The molecule has 0 spiro atoms. The fourth-order valence-corrected chi connectivity index (χ4v) is 3.48. The Kier molecular flexibility index (Phi) is 5.65. The summed E-state index contributed by atoms with van der Waals surface area (Å²) < 4.78 is 13.1. The van der Waals surface area contributed by atoms with Crippen LogP contribution in [0.2, 0.25) is 5.02 Å². The number of aromatic nitrogens is 1. The lowest BCUT2D eigenvalue weighted by Gasteiger charge is -2.21. The maximum Gasteiger partial charge on any atom is 0.419 e. The molecule has 0 amide bonds. The smallest absolute Gasteiger partial charge is 0.419 e. The third kappa shape index (κ3) is 4.61. The second-order valence-electron chi connectivity index (χ2n) is 8.31. The zero-order chi connectivity index (χ0) is 22.9. The average molecular weight is 445 g/mol. The molecule has 0 saturated carbocycles. The van der Waals surface area contributed by atoms with Crippen molar-refractivity contribution in [2.75, 3.05) is 0 Å². The molecule has 160 valence electrons. The van der Waals surface area contributed by atoms with Gasteiger partial charge in [-0.25, -0.2) is 9.36 Å². The normalized spacial score (nSPS) is 11.2. The van der Waals surface area contributed by atoms with Crippen molar-refractivity contribution in [2.24, 2.45) is 0 Å². The van der Waals surface area contributed by atoms with Crippen molar-refractivity contribution in [3.63, 3.8) is 0 Å². The number of ether oxygens (including phenoxy) is 2. The van der Waals surface area contributed by atoms with Crippen LogP contribution in [0.1, 0.15) is 26.3 Å². The van der Waals surface area contributed by atoms with Crippen molar-refractivity contribution >= 4 is 28.6 Å². The molecule has 0 aliphatic carbocycles. The first-order valence-corrected chi connectivity index (χ1v) is 10.4. The second-order valence-corrected chi connectivity index (χ2v) is 8.75. The number of nitriles is 1. The Morgan fingerprint density at radius 2 is 1.56 bits per heavy atom. The highest BCUT2D eigenvalue weighted by Crippen LogP contribution is 2.32. The molecule has 1 aromatic heterocycles. The van der Waals surface area contributed by atoms with Gasteiger partial charge in [-0.15, -0.1) is 0 Å². The summed E-state index contributed by atoms with van der Waals surface area (Å²) in [6, 6.07) is 23.8. The Bertz CT molecular complexity index is 1330. The number of hydrogen-bond donors (Lipinski definition) is 0. The summed E-state index contributed by atoms with van der Waals surface area (Å²) in [4.78, 5) is 13.1. The minimum atomic E-state index is -0.637. The van der Waals surface area contributed by atoms with Gasteiger partial charge >= 0.3 is 6.09 Å². The SMILES string of the molecule is CC(C)(C)OC(=O)n1c(-c2ccc(Oc3ccc(C#N)cc3)cc2)cc2ccc(Cl)cc21. The van der Waals surface area contributed by atoms with Crippen LogP contribution in [0.25, 0.3) is 22.2 Å². The molecule has 0 atom stereocenters. The second kappa shape index (κ2) is 8.41. The van der Waals surface area contributed by atoms with Crippen LogP contribution in [-0.4, -0.2) is 16.3 Å². The monoisotopic (exact) mass is 444 g/mol. The van der Waals surface area contributed by atoms with Crippen LogP contribution in [0.3, 0.4) is 0 Å². The van der Waals surface area contributed by atoms with Gasteiger partial charge in [-0.05, 0) is 93.1 Å². The number of halogens is 1. The highest BCUT2D eigenvalue weighted by molar-refractivity contribution is 6.31. The summed E-state index contributed by atoms with van der Waals surface area (Å²) >= 11 is 6.20. The van der Waals surface area contributed by atoms with Crippen molar-refractivity contribution in [3.8, 4) is 28.8 Å². The van der Waals surface area contributed by atoms with E-state index in [9.17, 15) is 4.79 Å². The number of carbonyl (C=O) groups is 1. The maximum atomic E-state index is 13.1. The number of fused-ring (bicyclic) bond motifs is 1. The van der Waals surface area contributed by atoms with E-state index in [0.717, 1.165) is 10.9 Å². The summed E-state index contributed by atoms with van der Waals surface area (Å²) in [5.41, 5.74) is 2.14. The molecule has 0 saturated heterocycles. The Hall–Kier alpha value is -3.75. The third-order valence-electron chi connectivity index (χ3n) is 4.71. The molecule has 0 fully saturated rings. The first kappa shape index (κ1) is 21.5. The Balaban J connectivity index is 1.70. The van der Waals surface area contributed by atoms with E-state index in [1.807, 2.05) is 57.2 Å². The van der Waals surface area contributed by atoms with E-state index in [0.29, 0.717) is 33.3 Å². The molecule has 6 heteroatoms. The first-order valence-electron chi connectivity index (χ1n) is 10.1. The lowest BCUT2D eigenvalue weighted by atomic mass is 10.1. The molecule has 1 heterocycles. The Labute approximate surface area is 191 Å². The van der Waals surface area contributed by atoms with E-state index < -0.39 is 11.7 Å². The Morgan fingerprint density at radius 3 is 2.16 bits per heavy atom. The highest BCUT2D eigenvalue weighted by Gasteiger charge is 2.23. The summed E-state index contributed by atoms with van der Waals surface area (Å²) in [7, 11) is 0. The van der Waals surface area contributed by atoms with Gasteiger partial charge in [0.05, 0.1) is 22.8 Å². The van der Waals surface area contributed by atoms with Gasteiger partial charge < -0.3 is 9.47 Å². The van der Waals surface area contributed by atoms with Gasteiger partial charge in [0.25, 0.3) is 0 Å². The molecule has 4 aromatic rings. The average Bonchev–Trinajstić information content (AvgIpc) is 3.12. The van der Waals surface area contributed by atoms with Crippen LogP contribution in [0, 0.1) is 11.3 Å². The highest BCUT2D eigenvalue weighted by atomic mass is 35.5. The summed E-state index contributed by atoms with van der Waals surface area (Å²) in [5.74, 6) is 1.27. The molecule has 0 aliphatic rings. The predicted molar refractivity (Wildman–Crippen MR) is 125 cm³/mol. The van der Waals surface area contributed by atoms with Crippen LogP contribution in [0.5, 0.6) is 11.5 Å². The van der Waals surface area contributed by atoms with Crippen LogP contribution < -0.4 is 4.74 Å². The van der Waals surface area contributed by atoms with Gasteiger partial charge in [0.1, 0.15) is 17.1 Å². The summed E-state index contributed by atoms with van der Waals surface area (Å²) in [5, 5.41) is 10.3. The third-order valence-corrected chi connectivity index (χ3v) is 4.95. The van der Waals surface area contributed by atoms with Gasteiger partial charge in [0.2, 0.25) is 0 Å². The fourth-order valence-electron chi connectivity index (χ4n) is 3.32. The van der Waals surface area contributed by atoms with Crippen molar-refractivity contribution in [1.29, 1.82) is 5.26 Å². The van der Waals surface area contributed by atoms with Crippen molar-refractivity contribution in [3.05, 3.63) is 83.4 Å². The summed E-state index contributed by atoms with van der Waals surface area (Å²) in [6.45, 7) is 5.50. The molecule has 0 unspecified atom stereocenters. The standard InChI is InChI=1S/C26H21ClN2O3/c1-26(2,3)32-25(30)29-23(14-19-6-9-20(27)15-24(19)29)18-7-12-22(13-8-18)31-21-10-4-17(16-28)5-11-21/h4-15H,1-3H3. The number of nitrogens with zero attached hydrogens (tertiary/aromatic N) is 2. The van der Waals surface area contributed by atoms with E-state index >= 15 is 0 Å². The van der Waals surface area contributed by atoms with Gasteiger partial charge in [-0.2, -0.15) is 5.26 Å². The van der Waals surface area contributed by atoms with E-state index in [2.05, 4.69) is 6.07 Å². The first-order chi connectivity index (χ1) is 15.2. The quantitative estimate of drug-likeness (QED) is 0.330. The minimum Gasteiger partial charge on any atom is -0.457 e. The van der Waals surface area contributed by atoms with Gasteiger partial charge in [-0.1, -0.05) is 17.7 Å². The van der Waals surface area contributed by atoms with E-state index in [-0.39, 0.29) is 0 Å². The number of hydrogen-bond acceptors (Lipinski definition) is 4. The van der Waals surface area contributed by atoms with Gasteiger partial charge in [0.15, 0.2) is 0 Å². The van der Waals surface area contributed by atoms with Crippen LogP contribution in [0.15, 0.2) is 72.8 Å². The van der Waals surface area contributed by atoms with E-state index in [1.54, 1.807) is 41.0 Å². The van der Waals surface area contributed by atoms with Crippen LogP contribution in [-0.2, 0) is 4.74 Å². The molecular formula is C26H21ClN2O3. The number of rotatable bonds is 3. The molecular weight excluding hydrogens is 424 g/mol.